The van der Waals surface area contributed by atoms with Gasteiger partial charge in [-0.25, -0.2) is 4.79 Å². The molecule has 1 aliphatic heterocycles. The lowest BCUT2D eigenvalue weighted by atomic mass is 10.2. The van der Waals surface area contributed by atoms with Gasteiger partial charge in [0, 0.05) is 26.2 Å². The molecule has 0 aromatic heterocycles. The van der Waals surface area contributed by atoms with Crippen molar-refractivity contribution in [2.75, 3.05) is 32.8 Å². The minimum absolute atomic E-state index is 0.0238. The van der Waals surface area contributed by atoms with Gasteiger partial charge in [0.15, 0.2) is 0 Å². The average Bonchev–Trinajstić information content (AvgIpc) is 2.32. The van der Waals surface area contributed by atoms with Gasteiger partial charge in [0.05, 0.1) is 18.7 Å². The van der Waals surface area contributed by atoms with E-state index in [1.165, 1.54) is 0 Å². The number of carbonyl (C=O) groups excluding carboxylic acids is 1. The van der Waals surface area contributed by atoms with Crippen molar-refractivity contribution in [3.63, 3.8) is 0 Å². The molecule has 1 atom stereocenters. The Morgan fingerprint density at radius 1 is 1.38 bits per heavy atom. The largest absolute Gasteiger partial charge is 0.450 e. The zero-order valence-electron chi connectivity index (χ0n) is 9.98. The Morgan fingerprint density at radius 3 is 2.44 bits per heavy atom. The molecule has 90 valence electrons. The number of nitrogens with zero attached hydrogens (tertiary/aromatic N) is 3. The number of carbonyl (C=O) groups is 1. The second-order valence-electron chi connectivity index (χ2n) is 3.78. The van der Waals surface area contributed by atoms with Gasteiger partial charge >= 0.3 is 6.09 Å². The number of ether oxygens (including phenoxy) is 1. The van der Waals surface area contributed by atoms with Crippen molar-refractivity contribution in [2.24, 2.45) is 0 Å². The summed E-state index contributed by atoms with van der Waals surface area (Å²) in [4.78, 5) is 15.3. The van der Waals surface area contributed by atoms with Crippen molar-refractivity contribution in [2.45, 2.75) is 26.3 Å². The van der Waals surface area contributed by atoms with Crippen LogP contribution in [0.4, 0.5) is 4.79 Å². The highest BCUT2D eigenvalue weighted by molar-refractivity contribution is 5.67. The lowest BCUT2D eigenvalue weighted by Gasteiger charge is -2.35. The topological polar surface area (TPSA) is 56.6 Å². The van der Waals surface area contributed by atoms with E-state index in [0.717, 1.165) is 19.5 Å². The molecule has 1 fully saturated rings. The van der Waals surface area contributed by atoms with Crippen LogP contribution < -0.4 is 0 Å². The molecule has 0 saturated carbocycles. The first-order valence-electron chi connectivity index (χ1n) is 5.78. The number of hydrogen-bond donors (Lipinski definition) is 0. The van der Waals surface area contributed by atoms with E-state index in [9.17, 15) is 4.79 Å². The van der Waals surface area contributed by atoms with Crippen LogP contribution in [0.3, 0.4) is 0 Å². The molecule has 1 unspecified atom stereocenters. The van der Waals surface area contributed by atoms with E-state index < -0.39 is 0 Å². The maximum absolute atomic E-state index is 11.4. The molecular weight excluding hydrogens is 206 g/mol. The van der Waals surface area contributed by atoms with Crippen LogP contribution in [-0.2, 0) is 4.74 Å². The summed E-state index contributed by atoms with van der Waals surface area (Å²) in [6, 6.07) is 2.26. The van der Waals surface area contributed by atoms with Crippen molar-refractivity contribution in [3.8, 4) is 6.07 Å². The molecule has 1 amide bonds. The van der Waals surface area contributed by atoms with E-state index in [4.69, 9.17) is 10.00 Å². The van der Waals surface area contributed by atoms with E-state index >= 15 is 0 Å². The van der Waals surface area contributed by atoms with Crippen LogP contribution in [0.1, 0.15) is 20.3 Å². The zero-order chi connectivity index (χ0) is 12.0. The average molecular weight is 225 g/mol. The van der Waals surface area contributed by atoms with Crippen LogP contribution in [0.25, 0.3) is 0 Å². The van der Waals surface area contributed by atoms with Gasteiger partial charge in [-0.05, 0) is 13.3 Å². The van der Waals surface area contributed by atoms with Gasteiger partial charge in [0.25, 0.3) is 0 Å². The van der Waals surface area contributed by atoms with Crippen molar-refractivity contribution >= 4 is 6.09 Å². The summed E-state index contributed by atoms with van der Waals surface area (Å²) in [5.74, 6) is 0. The molecule has 1 rings (SSSR count). The monoisotopic (exact) mass is 225 g/mol. The van der Waals surface area contributed by atoms with Crippen molar-refractivity contribution in [1.29, 1.82) is 5.26 Å². The molecule has 0 aliphatic carbocycles. The molecule has 0 N–H and O–H groups in total. The molecule has 1 saturated heterocycles. The minimum Gasteiger partial charge on any atom is -0.450 e. The third-order valence-corrected chi connectivity index (χ3v) is 2.82. The molecule has 1 heterocycles. The second kappa shape index (κ2) is 6.33. The Balaban J connectivity index is 2.39. The maximum atomic E-state index is 11.4. The van der Waals surface area contributed by atoms with Gasteiger partial charge in [0.2, 0.25) is 0 Å². The van der Waals surface area contributed by atoms with Gasteiger partial charge in [-0.3, -0.25) is 4.90 Å². The standard InChI is InChI=1S/C11H19N3O2/c1-3-10(9-12)13-5-7-14(8-6-13)11(15)16-4-2/h10H,3-8H2,1-2H3. The van der Waals surface area contributed by atoms with Crippen LogP contribution in [0, 0.1) is 11.3 Å². The zero-order valence-corrected chi connectivity index (χ0v) is 9.98. The van der Waals surface area contributed by atoms with E-state index in [0.29, 0.717) is 19.7 Å². The summed E-state index contributed by atoms with van der Waals surface area (Å²) < 4.78 is 4.93. The number of amides is 1. The SMILES string of the molecule is CCOC(=O)N1CCN(C(C#N)CC)CC1. The molecule has 0 radical (unpaired) electrons. The minimum atomic E-state index is -0.243. The van der Waals surface area contributed by atoms with Crippen molar-refractivity contribution < 1.29 is 9.53 Å². The fraction of sp³-hybridized carbons (Fsp3) is 0.818. The third-order valence-electron chi connectivity index (χ3n) is 2.82. The lowest BCUT2D eigenvalue weighted by Crippen LogP contribution is -2.51. The summed E-state index contributed by atoms with van der Waals surface area (Å²) in [5, 5.41) is 8.94. The number of piperazine rings is 1. The van der Waals surface area contributed by atoms with Gasteiger partial charge in [-0.1, -0.05) is 6.92 Å². The molecule has 5 heteroatoms. The second-order valence-corrected chi connectivity index (χ2v) is 3.78. The van der Waals surface area contributed by atoms with Crippen LogP contribution in [0.2, 0.25) is 0 Å². The van der Waals surface area contributed by atoms with Crippen molar-refractivity contribution in [3.05, 3.63) is 0 Å². The lowest BCUT2D eigenvalue weighted by molar-refractivity contribution is 0.0729. The van der Waals surface area contributed by atoms with Gasteiger partial charge in [0.1, 0.15) is 0 Å². The summed E-state index contributed by atoms with van der Waals surface area (Å²) in [7, 11) is 0. The Bertz CT molecular complexity index is 267. The maximum Gasteiger partial charge on any atom is 0.409 e. The number of rotatable bonds is 3. The summed E-state index contributed by atoms with van der Waals surface area (Å²) in [6.45, 7) is 7.03. The normalized spacial score (nSPS) is 18.9. The Labute approximate surface area is 96.6 Å². The Morgan fingerprint density at radius 2 is 2.00 bits per heavy atom. The number of nitriles is 1. The quantitative estimate of drug-likeness (QED) is 0.720. The molecule has 0 aromatic carbocycles. The molecule has 5 nitrogen and oxygen atoms in total. The Kier molecular flexibility index (Phi) is 5.06. The first-order chi connectivity index (χ1) is 7.72. The predicted molar refractivity (Wildman–Crippen MR) is 59.9 cm³/mol. The molecule has 0 aromatic rings. The summed E-state index contributed by atoms with van der Waals surface area (Å²) >= 11 is 0. The molecule has 0 bridgehead atoms. The number of hydrogen-bond acceptors (Lipinski definition) is 4. The third kappa shape index (κ3) is 3.11. The summed E-state index contributed by atoms with van der Waals surface area (Å²) in [6.07, 6.45) is 0.586. The summed E-state index contributed by atoms with van der Waals surface area (Å²) in [5.41, 5.74) is 0. The van der Waals surface area contributed by atoms with Gasteiger partial charge in [-0.15, -0.1) is 0 Å². The van der Waals surface area contributed by atoms with Crippen LogP contribution in [0.5, 0.6) is 0 Å². The van der Waals surface area contributed by atoms with E-state index in [2.05, 4.69) is 11.0 Å². The predicted octanol–water partition coefficient (Wildman–Crippen LogP) is 1.06. The molecular formula is C11H19N3O2. The van der Waals surface area contributed by atoms with Gasteiger partial charge < -0.3 is 9.64 Å². The fourth-order valence-electron chi connectivity index (χ4n) is 1.86. The fourth-order valence-corrected chi connectivity index (χ4v) is 1.86. The molecule has 1 aliphatic rings. The van der Waals surface area contributed by atoms with E-state index in [1.807, 2.05) is 6.92 Å². The van der Waals surface area contributed by atoms with Gasteiger partial charge in [-0.2, -0.15) is 5.26 Å². The molecule has 0 spiro atoms. The first kappa shape index (κ1) is 12.8. The van der Waals surface area contributed by atoms with Crippen LogP contribution in [0.15, 0.2) is 0 Å². The van der Waals surface area contributed by atoms with Crippen LogP contribution >= 0.6 is 0 Å². The highest BCUT2D eigenvalue weighted by Crippen LogP contribution is 2.09. The Hall–Kier alpha value is -1.28. The first-order valence-corrected chi connectivity index (χ1v) is 5.78. The molecule has 16 heavy (non-hydrogen) atoms. The van der Waals surface area contributed by atoms with Crippen molar-refractivity contribution in [1.82, 2.24) is 9.80 Å². The van der Waals surface area contributed by atoms with E-state index in [-0.39, 0.29) is 12.1 Å². The highest BCUT2D eigenvalue weighted by Gasteiger charge is 2.25. The van der Waals surface area contributed by atoms with E-state index in [1.54, 1.807) is 11.8 Å². The van der Waals surface area contributed by atoms with Crippen LogP contribution in [-0.4, -0.2) is 54.7 Å². The highest BCUT2D eigenvalue weighted by atomic mass is 16.6. The smallest absolute Gasteiger partial charge is 0.409 e.